The molecule has 4 atom stereocenters. The first-order chi connectivity index (χ1) is 23.7. The molecule has 0 N–H and O–H groups in total. The zero-order valence-electron chi connectivity index (χ0n) is 28.5. The molecule has 0 radical (unpaired) electrons. The van der Waals surface area contributed by atoms with Gasteiger partial charge in [0.2, 0.25) is 0 Å². The maximum atomic E-state index is 12.8. The molecule has 260 valence electrons. The van der Waals surface area contributed by atoms with Crippen LogP contribution in [-0.4, -0.2) is 30.1 Å². The molecule has 0 aliphatic heterocycles. The zero-order valence-corrected chi connectivity index (χ0v) is 30.0. The van der Waals surface area contributed by atoms with Crippen LogP contribution < -0.4 is 4.74 Å². The average molecular weight is 718 g/mol. The number of halogens is 2. The fourth-order valence-corrected chi connectivity index (χ4v) is 6.39. The van der Waals surface area contributed by atoms with Crippen LogP contribution in [-0.2, 0) is 19.7 Å². The normalized spacial score (nSPS) is 19.5. The lowest BCUT2D eigenvalue weighted by molar-refractivity contribution is -0.146. The number of rotatable bonds is 9. The van der Waals surface area contributed by atoms with Crippen molar-refractivity contribution < 1.29 is 37.5 Å². The quantitative estimate of drug-likeness (QED) is 0.0841. The summed E-state index contributed by atoms with van der Waals surface area (Å²) in [7, 11) is 0. The Labute approximate surface area is 300 Å². The van der Waals surface area contributed by atoms with Gasteiger partial charge >= 0.3 is 11.9 Å². The number of esters is 2. The standard InChI is InChI=1S/C23H21ClO4.C17H17ClO4/c1-23(2,3)15-4-6-16(7-5-15)28-22(26)18-12-17(18)20(25)14-10-13-8-9-27-21(13)19(24)11-14;1-9(2)8-22-17(20)13-7-12(13)15(19)11-5-10-3-4-21-16(10)14(18)6-11/h4-11,17-18H,12H2,1-3H3;3-6,9,12-13H,7-8H2,1-2H3/t17-,18-;12-,13-/m00/s1. The molecule has 2 heterocycles. The first kappa shape index (κ1) is 35.4. The van der Waals surface area contributed by atoms with E-state index in [1.165, 1.54) is 18.1 Å². The number of carbonyl (C=O) groups is 4. The number of Topliss-reactive ketones (excluding diaryl/α,β-unsaturated/α-hetero) is 2. The molecule has 2 aliphatic carbocycles. The predicted molar refractivity (Wildman–Crippen MR) is 191 cm³/mol. The summed E-state index contributed by atoms with van der Waals surface area (Å²) in [6.07, 6.45) is 4.12. The van der Waals surface area contributed by atoms with E-state index in [0.717, 1.165) is 10.8 Å². The maximum absolute atomic E-state index is 12.8. The monoisotopic (exact) mass is 716 g/mol. The second kappa shape index (κ2) is 14.1. The second-order valence-electron chi connectivity index (χ2n) is 14.4. The molecule has 0 bridgehead atoms. The molecule has 3 aromatic carbocycles. The summed E-state index contributed by atoms with van der Waals surface area (Å²) < 4.78 is 21.2. The van der Waals surface area contributed by atoms with Crippen molar-refractivity contribution in [1.82, 2.24) is 0 Å². The van der Waals surface area contributed by atoms with Gasteiger partial charge < -0.3 is 18.3 Å². The van der Waals surface area contributed by atoms with Gasteiger partial charge in [-0.25, -0.2) is 0 Å². The van der Waals surface area contributed by atoms with Gasteiger partial charge in [0.05, 0.1) is 41.0 Å². The molecule has 50 heavy (non-hydrogen) atoms. The summed E-state index contributed by atoms with van der Waals surface area (Å²) in [5.41, 5.74) is 3.34. The highest BCUT2D eigenvalue weighted by Crippen LogP contribution is 2.44. The Kier molecular flexibility index (Phi) is 9.98. The summed E-state index contributed by atoms with van der Waals surface area (Å²) >= 11 is 12.3. The topological polar surface area (TPSA) is 113 Å². The summed E-state index contributed by atoms with van der Waals surface area (Å²) in [5, 5.41) is 2.36. The number of carbonyl (C=O) groups excluding carboxylic acids is 4. The third-order valence-electron chi connectivity index (χ3n) is 8.94. The zero-order chi connectivity index (χ0) is 35.9. The van der Waals surface area contributed by atoms with Gasteiger partial charge in [-0.3, -0.25) is 19.2 Å². The van der Waals surface area contributed by atoms with E-state index in [2.05, 4.69) is 20.8 Å². The minimum atomic E-state index is -0.409. The van der Waals surface area contributed by atoms with E-state index in [9.17, 15) is 19.2 Å². The molecular formula is C40H38Cl2O8. The van der Waals surface area contributed by atoms with Crippen molar-refractivity contribution in [3.8, 4) is 5.75 Å². The fraction of sp³-hybridized carbons (Fsp3) is 0.350. The number of ketones is 2. The molecule has 2 saturated carbocycles. The molecule has 7 rings (SSSR count). The van der Waals surface area contributed by atoms with Crippen molar-refractivity contribution in [3.63, 3.8) is 0 Å². The third kappa shape index (κ3) is 7.82. The van der Waals surface area contributed by atoms with E-state index in [-0.39, 0.29) is 46.7 Å². The minimum Gasteiger partial charge on any atom is -0.465 e. The summed E-state index contributed by atoms with van der Waals surface area (Å²) in [6, 6.07) is 17.7. The van der Waals surface area contributed by atoms with Gasteiger partial charge in [-0.05, 0) is 78.3 Å². The van der Waals surface area contributed by atoms with Crippen LogP contribution in [0.5, 0.6) is 5.75 Å². The molecule has 0 spiro atoms. The van der Waals surface area contributed by atoms with Crippen molar-refractivity contribution >= 4 is 68.6 Å². The Morgan fingerprint density at radius 3 is 1.66 bits per heavy atom. The second-order valence-corrected chi connectivity index (χ2v) is 15.3. The predicted octanol–water partition coefficient (Wildman–Crippen LogP) is 9.91. The Bertz CT molecular complexity index is 2080. The van der Waals surface area contributed by atoms with Crippen LogP contribution in [0.25, 0.3) is 21.9 Å². The van der Waals surface area contributed by atoms with E-state index in [0.29, 0.717) is 63.5 Å². The molecule has 0 saturated heterocycles. The van der Waals surface area contributed by atoms with E-state index in [4.69, 9.17) is 41.5 Å². The lowest BCUT2D eigenvalue weighted by Gasteiger charge is -2.19. The van der Waals surface area contributed by atoms with E-state index in [1.54, 1.807) is 48.5 Å². The number of fused-ring (bicyclic) bond motifs is 2. The molecule has 2 fully saturated rings. The Morgan fingerprint density at radius 1 is 0.720 bits per heavy atom. The van der Waals surface area contributed by atoms with Gasteiger partial charge in [-0.1, -0.05) is 70.0 Å². The number of hydrogen-bond acceptors (Lipinski definition) is 8. The summed E-state index contributed by atoms with van der Waals surface area (Å²) in [4.78, 5) is 49.5. The molecule has 0 unspecified atom stereocenters. The smallest absolute Gasteiger partial charge is 0.315 e. The van der Waals surface area contributed by atoms with Gasteiger partial charge in [-0.15, -0.1) is 0 Å². The van der Waals surface area contributed by atoms with Crippen LogP contribution >= 0.6 is 23.2 Å². The van der Waals surface area contributed by atoms with E-state index in [1.807, 2.05) is 26.0 Å². The van der Waals surface area contributed by atoms with Crippen LogP contribution in [0.1, 0.15) is 73.7 Å². The van der Waals surface area contributed by atoms with E-state index < -0.39 is 5.92 Å². The Hall–Kier alpha value is -4.40. The molecular weight excluding hydrogens is 679 g/mol. The highest BCUT2D eigenvalue weighted by atomic mass is 35.5. The average Bonchev–Trinajstić information content (AvgIpc) is 3.94. The van der Waals surface area contributed by atoms with Crippen molar-refractivity contribution in [2.45, 2.75) is 52.9 Å². The van der Waals surface area contributed by atoms with Crippen LogP contribution in [0.3, 0.4) is 0 Å². The van der Waals surface area contributed by atoms with Gasteiger partial charge in [0.25, 0.3) is 0 Å². The minimum absolute atomic E-state index is 0.0356. The fourth-order valence-electron chi connectivity index (χ4n) is 5.85. The molecule has 2 aromatic heterocycles. The first-order valence-electron chi connectivity index (χ1n) is 16.6. The molecule has 5 aromatic rings. The van der Waals surface area contributed by atoms with E-state index >= 15 is 0 Å². The van der Waals surface area contributed by atoms with Crippen molar-refractivity contribution in [3.05, 3.63) is 99.9 Å². The van der Waals surface area contributed by atoms with Crippen LogP contribution in [0.15, 0.2) is 82.0 Å². The van der Waals surface area contributed by atoms with Crippen molar-refractivity contribution in [2.75, 3.05) is 6.61 Å². The Balaban J connectivity index is 0.000000178. The van der Waals surface area contributed by atoms with Crippen LogP contribution in [0, 0.1) is 29.6 Å². The largest absolute Gasteiger partial charge is 0.465 e. The maximum Gasteiger partial charge on any atom is 0.315 e. The van der Waals surface area contributed by atoms with Crippen LogP contribution in [0.2, 0.25) is 10.0 Å². The van der Waals surface area contributed by atoms with Crippen molar-refractivity contribution in [2.24, 2.45) is 29.6 Å². The lowest BCUT2D eigenvalue weighted by Crippen LogP contribution is -2.15. The number of ether oxygens (including phenoxy) is 2. The SMILES string of the molecule is CC(C)(C)c1ccc(OC(=O)[C@H]2C[C@@H]2C(=O)c2cc(Cl)c3occc3c2)cc1.CC(C)COC(=O)[C@H]1C[C@@H]1C(=O)c1cc(Cl)c2occc2c1. The summed E-state index contributed by atoms with van der Waals surface area (Å²) in [6.45, 7) is 10.7. The molecule has 8 nitrogen and oxygen atoms in total. The van der Waals surface area contributed by atoms with Gasteiger partial charge in [0.15, 0.2) is 22.7 Å². The molecule has 10 heteroatoms. The van der Waals surface area contributed by atoms with Crippen LogP contribution in [0.4, 0.5) is 0 Å². The molecule has 2 aliphatic rings. The highest BCUT2D eigenvalue weighted by Gasteiger charge is 2.50. The highest BCUT2D eigenvalue weighted by molar-refractivity contribution is 6.36. The van der Waals surface area contributed by atoms with Gasteiger partial charge in [0, 0.05) is 33.7 Å². The first-order valence-corrected chi connectivity index (χ1v) is 17.4. The Morgan fingerprint density at radius 2 is 1.20 bits per heavy atom. The lowest BCUT2D eigenvalue weighted by atomic mass is 9.87. The van der Waals surface area contributed by atoms with Gasteiger partial charge in [0.1, 0.15) is 5.75 Å². The number of benzene rings is 3. The summed E-state index contributed by atoms with van der Waals surface area (Å²) in [5.74, 6) is -1.37. The van der Waals surface area contributed by atoms with Gasteiger partial charge in [-0.2, -0.15) is 0 Å². The van der Waals surface area contributed by atoms with Crippen molar-refractivity contribution in [1.29, 1.82) is 0 Å². The third-order valence-corrected chi connectivity index (χ3v) is 9.50. The number of furan rings is 2. The molecule has 0 amide bonds. The number of hydrogen-bond donors (Lipinski definition) is 0.